The van der Waals surface area contributed by atoms with E-state index in [-0.39, 0.29) is 33.5 Å². The number of alkyl halides is 2. The standard InChI is InChI=1S/C31H16F9NO/c1-15-2-7-28(41-14-15)18-11-24(34)29(25(35)12-18)31(39,40)42-19-4-6-20(23(33)13-19)16-3-5-21(22(32)8-16)17-9-26(36)30(38)27(37)10-17/h2-14H,1H3. The molecule has 0 saturated heterocycles. The molecule has 214 valence electrons. The quantitative estimate of drug-likeness (QED) is 0.145. The van der Waals surface area contributed by atoms with Crippen molar-refractivity contribution in [1.29, 1.82) is 0 Å². The third kappa shape index (κ3) is 5.54. The van der Waals surface area contributed by atoms with Crippen LogP contribution in [0.15, 0.2) is 79.0 Å². The molecule has 4 aromatic carbocycles. The lowest BCUT2D eigenvalue weighted by Crippen LogP contribution is -2.25. The van der Waals surface area contributed by atoms with Gasteiger partial charge in [-0.25, -0.2) is 30.7 Å². The summed E-state index contributed by atoms with van der Waals surface area (Å²) in [6.45, 7) is 1.74. The minimum Gasteiger partial charge on any atom is -0.429 e. The Morgan fingerprint density at radius 3 is 1.69 bits per heavy atom. The van der Waals surface area contributed by atoms with Gasteiger partial charge in [-0.05, 0) is 72.1 Å². The second kappa shape index (κ2) is 10.9. The van der Waals surface area contributed by atoms with Crippen molar-refractivity contribution in [2.24, 2.45) is 0 Å². The Balaban J connectivity index is 1.40. The first-order valence-electron chi connectivity index (χ1n) is 12.1. The van der Waals surface area contributed by atoms with Crippen molar-refractivity contribution in [3.8, 4) is 39.3 Å². The molecule has 0 amide bonds. The molecule has 1 aromatic heterocycles. The van der Waals surface area contributed by atoms with E-state index in [2.05, 4.69) is 9.72 Å². The van der Waals surface area contributed by atoms with E-state index in [1.807, 2.05) is 0 Å². The predicted octanol–water partition coefficient (Wildman–Crippen LogP) is 9.49. The smallest absolute Gasteiger partial charge is 0.429 e. The van der Waals surface area contributed by atoms with Crippen LogP contribution in [0.1, 0.15) is 11.1 Å². The van der Waals surface area contributed by atoms with Gasteiger partial charge in [0.05, 0.1) is 5.69 Å². The highest BCUT2D eigenvalue weighted by Gasteiger charge is 2.41. The third-order valence-corrected chi connectivity index (χ3v) is 6.30. The number of nitrogens with zero attached hydrogens (tertiary/aromatic N) is 1. The van der Waals surface area contributed by atoms with Crippen LogP contribution in [0.2, 0.25) is 0 Å². The zero-order chi connectivity index (χ0) is 30.3. The fourth-order valence-electron chi connectivity index (χ4n) is 4.26. The Bertz CT molecular complexity index is 1770. The maximum absolute atomic E-state index is 14.9. The van der Waals surface area contributed by atoms with E-state index in [1.165, 1.54) is 18.3 Å². The number of halogens is 9. The van der Waals surface area contributed by atoms with Gasteiger partial charge in [0.2, 0.25) is 0 Å². The van der Waals surface area contributed by atoms with E-state index in [9.17, 15) is 39.5 Å². The molecule has 42 heavy (non-hydrogen) atoms. The summed E-state index contributed by atoms with van der Waals surface area (Å²) in [5.41, 5.74) is -1.87. The molecular weight excluding hydrogens is 573 g/mol. The van der Waals surface area contributed by atoms with Gasteiger partial charge >= 0.3 is 6.11 Å². The molecule has 0 unspecified atom stereocenters. The van der Waals surface area contributed by atoms with E-state index in [0.29, 0.717) is 30.3 Å². The number of rotatable bonds is 6. The van der Waals surface area contributed by atoms with Gasteiger partial charge in [-0.15, -0.1) is 0 Å². The van der Waals surface area contributed by atoms with Gasteiger partial charge in [0.1, 0.15) is 34.6 Å². The molecule has 5 rings (SSSR count). The number of pyridine rings is 1. The van der Waals surface area contributed by atoms with Crippen LogP contribution in [0.25, 0.3) is 33.5 Å². The van der Waals surface area contributed by atoms with Crippen LogP contribution in [0.4, 0.5) is 39.5 Å². The van der Waals surface area contributed by atoms with Crippen LogP contribution in [0.5, 0.6) is 5.75 Å². The van der Waals surface area contributed by atoms with Gasteiger partial charge in [0.15, 0.2) is 17.5 Å². The maximum atomic E-state index is 14.9. The molecule has 1 heterocycles. The topological polar surface area (TPSA) is 22.1 Å². The van der Waals surface area contributed by atoms with E-state index in [0.717, 1.165) is 29.8 Å². The Labute approximate surface area is 232 Å². The summed E-state index contributed by atoms with van der Waals surface area (Å²) in [5, 5.41) is 0. The monoisotopic (exact) mass is 589 g/mol. The largest absolute Gasteiger partial charge is 0.432 e. The molecule has 0 aliphatic rings. The Hall–Kier alpha value is -4.80. The van der Waals surface area contributed by atoms with Crippen molar-refractivity contribution in [2.45, 2.75) is 13.0 Å². The zero-order valence-electron chi connectivity index (χ0n) is 21.3. The van der Waals surface area contributed by atoms with Crippen LogP contribution in [-0.4, -0.2) is 4.98 Å². The number of hydrogen-bond acceptors (Lipinski definition) is 2. The van der Waals surface area contributed by atoms with Gasteiger partial charge in [0, 0.05) is 29.0 Å². The molecule has 0 N–H and O–H groups in total. The van der Waals surface area contributed by atoms with Crippen LogP contribution in [-0.2, 0) is 6.11 Å². The first-order valence-corrected chi connectivity index (χ1v) is 12.1. The molecular formula is C31H16F9NO. The summed E-state index contributed by atoms with van der Waals surface area (Å²) in [5.74, 6) is -11.0. The number of benzene rings is 4. The molecule has 0 fully saturated rings. The highest BCUT2D eigenvalue weighted by molar-refractivity contribution is 5.72. The van der Waals surface area contributed by atoms with Crippen molar-refractivity contribution in [1.82, 2.24) is 4.98 Å². The molecule has 0 aliphatic heterocycles. The summed E-state index contributed by atoms with van der Waals surface area (Å²) in [6, 6.07) is 11.0. The lowest BCUT2D eigenvalue weighted by molar-refractivity contribution is -0.189. The second-order valence-electron chi connectivity index (χ2n) is 9.24. The molecule has 11 heteroatoms. The van der Waals surface area contributed by atoms with Gasteiger partial charge in [-0.3, -0.25) is 4.98 Å². The highest BCUT2D eigenvalue weighted by Crippen LogP contribution is 2.38. The Kier molecular flexibility index (Phi) is 7.44. The minimum absolute atomic E-state index is 0.0899. The molecule has 0 spiro atoms. The van der Waals surface area contributed by atoms with Crippen LogP contribution >= 0.6 is 0 Å². The van der Waals surface area contributed by atoms with E-state index in [1.54, 1.807) is 13.0 Å². The summed E-state index contributed by atoms with van der Waals surface area (Å²) in [7, 11) is 0. The fraction of sp³-hybridized carbons (Fsp3) is 0.0645. The SMILES string of the molecule is Cc1ccc(-c2cc(F)c(C(F)(F)Oc3ccc(-c4ccc(-c5cc(F)c(F)c(F)c5)c(F)c4)c(F)c3)c(F)c2)nc1. The maximum Gasteiger partial charge on any atom is 0.432 e. The second-order valence-corrected chi connectivity index (χ2v) is 9.24. The predicted molar refractivity (Wildman–Crippen MR) is 136 cm³/mol. The number of ether oxygens (including phenoxy) is 1. The van der Waals surface area contributed by atoms with Crippen molar-refractivity contribution < 1.29 is 44.3 Å². The van der Waals surface area contributed by atoms with Crippen LogP contribution < -0.4 is 4.74 Å². The van der Waals surface area contributed by atoms with E-state index >= 15 is 0 Å². The summed E-state index contributed by atoms with van der Waals surface area (Å²) in [4.78, 5) is 4.01. The summed E-state index contributed by atoms with van der Waals surface area (Å²) >= 11 is 0. The molecule has 0 aliphatic carbocycles. The lowest BCUT2D eigenvalue weighted by atomic mass is 9.99. The molecule has 0 radical (unpaired) electrons. The summed E-state index contributed by atoms with van der Waals surface area (Å²) < 4.78 is 134. The van der Waals surface area contributed by atoms with Crippen LogP contribution in [0.3, 0.4) is 0 Å². The Morgan fingerprint density at radius 2 is 1.12 bits per heavy atom. The third-order valence-electron chi connectivity index (χ3n) is 6.30. The van der Waals surface area contributed by atoms with Crippen molar-refractivity contribution >= 4 is 0 Å². The fourth-order valence-corrected chi connectivity index (χ4v) is 4.26. The van der Waals surface area contributed by atoms with E-state index in [4.69, 9.17) is 0 Å². The first-order chi connectivity index (χ1) is 19.8. The molecule has 0 atom stereocenters. The van der Waals surface area contributed by atoms with Crippen molar-refractivity contribution in [3.63, 3.8) is 0 Å². The normalized spacial score (nSPS) is 11.6. The average molecular weight is 589 g/mol. The highest BCUT2D eigenvalue weighted by atomic mass is 19.3. The lowest BCUT2D eigenvalue weighted by Gasteiger charge is -2.20. The Morgan fingerprint density at radius 1 is 0.571 bits per heavy atom. The van der Waals surface area contributed by atoms with Crippen molar-refractivity contribution in [2.75, 3.05) is 0 Å². The van der Waals surface area contributed by atoms with Crippen molar-refractivity contribution in [3.05, 3.63) is 131 Å². The minimum atomic E-state index is -4.56. The molecule has 0 bridgehead atoms. The van der Waals surface area contributed by atoms with Gasteiger partial charge in [-0.1, -0.05) is 18.2 Å². The first kappa shape index (κ1) is 28.7. The van der Waals surface area contributed by atoms with Gasteiger partial charge in [0.25, 0.3) is 0 Å². The van der Waals surface area contributed by atoms with Gasteiger partial charge in [-0.2, -0.15) is 8.78 Å². The zero-order valence-corrected chi connectivity index (χ0v) is 21.3. The molecule has 5 aromatic rings. The van der Waals surface area contributed by atoms with E-state index < -0.39 is 58.1 Å². The average Bonchev–Trinajstić information content (AvgIpc) is 2.91. The van der Waals surface area contributed by atoms with Gasteiger partial charge < -0.3 is 4.74 Å². The molecule has 0 saturated carbocycles. The number of aryl methyl sites for hydroxylation is 1. The molecule has 2 nitrogen and oxygen atoms in total. The summed E-state index contributed by atoms with van der Waals surface area (Å²) in [6.07, 6.45) is -3.12. The number of aromatic nitrogens is 1. The van der Waals surface area contributed by atoms with Crippen LogP contribution in [0, 0.1) is 47.6 Å². The number of hydrogen-bond donors (Lipinski definition) is 0.